The maximum atomic E-state index is 11.3. The quantitative estimate of drug-likeness (QED) is 0.217. The van der Waals surface area contributed by atoms with Crippen molar-refractivity contribution in [1.29, 1.82) is 0 Å². The summed E-state index contributed by atoms with van der Waals surface area (Å²) < 4.78 is 59.7. The molecule has 0 fully saturated rings. The number of nitrogens with zero attached hydrogens (tertiary/aromatic N) is 2. The molecule has 12 heteroatoms. The molecule has 0 aliphatic carbocycles. The topological polar surface area (TPSA) is 133 Å². The molecule has 0 aliphatic heterocycles. The van der Waals surface area contributed by atoms with Gasteiger partial charge in [-0.15, -0.1) is 0 Å². The van der Waals surface area contributed by atoms with Gasteiger partial charge in [0.2, 0.25) is 0 Å². The Kier molecular flexibility index (Phi) is 8.20. The molecule has 3 aromatic rings. The Hall–Kier alpha value is -3.06. The van der Waals surface area contributed by atoms with Crippen molar-refractivity contribution in [3.63, 3.8) is 0 Å². The highest BCUT2D eigenvalue weighted by Crippen LogP contribution is 2.20. The lowest BCUT2D eigenvalue weighted by atomic mass is 10.2. The third-order valence-electron chi connectivity index (χ3n) is 4.54. The summed E-state index contributed by atoms with van der Waals surface area (Å²) in [5, 5.41) is 0.757. The van der Waals surface area contributed by atoms with Gasteiger partial charge in [0.1, 0.15) is 5.58 Å². The molecular formula is C22H24N2O8S2. The number of anilines is 1. The van der Waals surface area contributed by atoms with Crippen molar-refractivity contribution >= 4 is 48.8 Å². The lowest BCUT2D eigenvalue weighted by molar-refractivity contribution is 0.309. The van der Waals surface area contributed by atoms with E-state index in [1.807, 2.05) is 12.1 Å². The zero-order valence-electron chi connectivity index (χ0n) is 18.6. The smallest absolute Gasteiger partial charge is 0.336 e. The third kappa shape index (κ3) is 8.37. The fourth-order valence-corrected chi connectivity index (χ4v) is 3.78. The largest absolute Gasteiger partial charge is 0.423 e. The zero-order chi connectivity index (χ0) is 24.8. The van der Waals surface area contributed by atoms with Crippen molar-refractivity contribution in [3.8, 4) is 0 Å². The van der Waals surface area contributed by atoms with E-state index in [0.29, 0.717) is 11.3 Å². The maximum absolute atomic E-state index is 11.3. The average molecular weight is 509 g/mol. The van der Waals surface area contributed by atoms with E-state index < -0.39 is 25.9 Å². The number of hydrogen-bond donors (Lipinski definition) is 0. The van der Waals surface area contributed by atoms with Gasteiger partial charge in [-0.1, -0.05) is 12.1 Å². The minimum absolute atomic E-state index is 0.0942. The SMILES string of the molecule is CS(=O)(=O)OCCN(CCOS(C)(=O)=O)c1ccc(C=Nc2ccc3oc(=O)ccc3c2)cc1. The van der Waals surface area contributed by atoms with Crippen LogP contribution in [0.5, 0.6) is 0 Å². The highest BCUT2D eigenvalue weighted by Gasteiger charge is 2.11. The van der Waals surface area contributed by atoms with E-state index >= 15 is 0 Å². The minimum atomic E-state index is -3.59. The second-order valence-corrected chi connectivity index (χ2v) is 10.7. The molecule has 2 aromatic carbocycles. The molecule has 0 saturated carbocycles. The summed E-state index contributed by atoms with van der Waals surface area (Å²) in [7, 11) is -7.19. The summed E-state index contributed by atoms with van der Waals surface area (Å²) in [6.07, 6.45) is 3.60. The molecule has 0 spiro atoms. The van der Waals surface area contributed by atoms with E-state index in [1.54, 1.807) is 47.5 Å². The van der Waals surface area contributed by atoms with Gasteiger partial charge >= 0.3 is 5.63 Å². The molecule has 0 N–H and O–H groups in total. The van der Waals surface area contributed by atoms with E-state index in [-0.39, 0.29) is 26.3 Å². The van der Waals surface area contributed by atoms with Crippen LogP contribution in [-0.4, -0.2) is 61.9 Å². The highest BCUT2D eigenvalue weighted by atomic mass is 32.2. The van der Waals surface area contributed by atoms with Crippen molar-refractivity contribution in [2.24, 2.45) is 4.99 Å². The van der Waals surface area contributed by atoms with E-state index in [4.69, 9.17) is 12.8 Å². The van der Waals surface area contributed by atoms with Crippen LogP contribution in [0.3, 0.4) is 0 Å². The summed E-state index contributed by atoms with van der Waals surface area (Å²) in [6, 6.07) is 15.5. The van der Waals surface area contributed by atoms with Gasteiger partial charge in [-0.25, -0.2) is 4.79 Å². The normalized spacial score (nSPS) is 12.4. The fourth-order valence-electron chi connectivity index (χ4n) is 3.03. The van der Waals surface area contributed by atoms with Gasteiger partial charge in [-0.05, 0) is 42.0 Å². The van der Waals surface area contributed by atoms with Gasteiger partial charge < -0.3 is 9.32 Å². The molecule has 3 rings (SSSR count). The van der Waals surface area contributed by atoms with Gasteiger partial charge in [-0.3, -0.25) is 13.4 Å². The molecule has 34 heavy (non-hydrogen) atoms. The van der Waals surface area contributed by atoms with Crippen molar-refractivity contribution in [3.05, 3.63) is 70.6 Å². The molecule has 0 bridgehead atoms. The number of benzene rings is 2. The molecule has 0 saturated heterocycles. The van der Waals surface area contributed by atoms with Crippen LogP contribution in [-0.2, 0) is 28.6 Å². The van der Waals surface area contributed by atoms with Gasteiger partial charge in [0.05, 0.1) is 31.4 Å². The summed E-state index contributed by atoms with van der Waals surface area (Å²) in [5.74, 6) is 0. The molecule has 0 aliphatic rings. The van der Waals surface area contributed by atoms with E-state index in [1.165, 1.54) is 6.07 Å². The Morgan fingerprint density at radius 3 is 2.09 bits per heavy atom. The summed E-state index contributed by atoms with van der Waals surface area (Å²) >= 11 is 0. The van der Waals surface area contributed by atoms with Crippen LogP contribution >= 0.6 is 0 Å². The first-order valence-electron chi connectivity index (χ1n) is 10.1. The second kappa shape index (κ2) is 10.9. The van der Waals surface area contributed by atoms with Crippen LogP contribution in [0.2, 0.25) is 0 Å². The van der Waals surface area contributed by atoms with E-state index in [9.17, 15) is 21.6 Å². The van der Waals surface area contributed by atoms with Crippen LogP contribution in [0.1, 0.15) is 5.56 Å². The van der Waals surface area contributed by atoms with Gasteiger partial charge in [0.25, 0.3) is 20.2 Å². The van der Waals surface area contributed by atoms with Crippen molar-refractivity contribution in [2.45, 2.75) is 0 Å². The predicted octanol–water partition coefficient (Wildman–Crippen LogP) is 2.30. The lowest BCUT2D eigenvalue weighted by Gasteiger charge is -2.24. The molecule has 182 valence electrons. The summed E-state index contributed by atoms with van der Waals surface area (Å²) in [6.45, 7) is 0.230. The minimum Gasteiger partial charge on any atom is -0.423 e. The Labute approximate surface area is 197 Å². The molecule has 1 heterocycles. The Bertz CT molecular complexity index is 1390. The monoisotopic (exact) mass is 508 g/mol. The molecule has 10 nitrogen and oxygen atoms in total. The second-order valence-electron chi connectivity index (χ2n) is 7.37. The standard InChI is InChI=1S/C22H24N2O8S2/c1-33(26,27)30-13-11-24(12-14-31-34(2,28)29)20-7-3-17(4-8-20)16-23-19-6-9-21-18(15-19)5-10-22(25)32-21/h3-10,15-16H,11-14H2,1-2H3. The Balaban J connectivity index is 1.70. The van der Waals surface area contributed by atoms with Crippen LogP contribution in [0, 0.1) is 0 Å². The van der Waals surface area contributed by atoms with Crippen LogP contribution in [0.25, 0.3) is 11.0 Å². The zero-order valence-corrected chi connectivity index (χ0v) is 20.2. The Morgan fingerprint density at radius 1 is 0.882 bits per heavy atom. The lowest BCUT2D eigenvalue weighted by Crippen LogP contribution is -2.32. The third-order valence-corrected chi connectivity index (χ3v) is 5.73. The molecule has 0 amide bonds. The molecule has 0 atom stereocenters. The molecule has 1 aromatic heterocycles. The highest BCUT2D eigenvalue weighted by molar-refractivity contribution is 7.86. The van der Waals surface area contributed by atoms with E-state index in [2.05, 4.69) is 4.99 Å². The van der Waals surface area contributed by atoms with Crippen molar-refractivity contribution < 1.29 is 29.6 Å². The average Bonchev–Trinajstić information content (AvgIpc) is 2.75. The van der Waals surface area contributed by atoms with Gasteiger partial charge in [-0.2, -0.15) is 16.8 Å². The van der Waals surface area contributed by atoms with Crippen molar-refractivity contribution in [1.82, 2.24) is 0 Å². The van der Waals surface area contributed by atoms with Crippen LogP contribution in [0.4, 0.5) is 11.4 Å². The van der Waals surface area contributed by atoms with E-state index in [0.717, 1.165) is 29.1 Å². The molecule has 0 radical (unpaired) electrons. The first-order valence-corrected chi connectivity index (χ1v) is 13.7. The summed E-state index contributed by atoms with van der Waals surface area (Å²) in [5.41, 5.74) is 2.29. The number of fused-ring (bicyclic) bond motifs is 1. The first-order chi connectivity index (χ1) is 16.0. The Morgan fingerprint density at radius 2 is 1.50 bits per heavy atom. The summed E-state index contributed by atoms with van der Waals surface area (Å²) in [4.78, 5) is 17.5. The predicted molar refractivity (Wildman–Crippen MR) is 130 cm³/mol. The number of aliphatic imine (C=N–C) groups is 1. The molecule has 0 unspecified atom stereocenters. The first kappa shape index (κ1) is 25.6. The molecular weight excluding hydrogens is 484 g/mol. The fraction of sp³-hybridized carbons (Fsp3) is 0.273. The number of rotatable bonds is 11. The maximum Gasteiger partial charge on any atom is 0.336 e. The van der Waals surface area contributed by atoms with Crippen LogP contribution in [0.15, 0.2) is 68.8 Å². The van der Waals surface area contributed by atoms with Gasteiger partial charge in [0.15, 0.2) is 0 Å². The van der Waals surface area contributed by atoms with Crippen molar-refractivity contribution in [2.75, 3.05) is 43.7 Å². The van der Waals surface area contributed by atoms with Crippen LogP contribution < -0.4 is 10.5 Å². The van der Waals surface area contributed by atoms with Gasteiger partial charge in [0, 0.05) is 36.4 Å². The number of hydrogen-bond acceptors (Lipinski definition) is 10.